The summed E-state index contributed by atoms with van der Waals surface area (Å²) in [5.74, 6) is -0.352. The molecule has 0 amide bonds. The van der Waals surface area contributed by atoms with Gasteiger partial charge in [-0.2, -0.15) is 5.26 Å². The highest BCUT2D eigenvalue weighted by Crippen LogP contribution is 2.24. The zero-order valence-electron chi connectivity index (χ0n) is 11.3. The van der Waals surface area contributed by atoms with Crippen LogP contribution in [0.2, 0.25) is 0 Å². The number of fused-ring (bicyclic) bond motifs is 1. The number of benzene rings is 1. The van der Waals surface area contributed by atoms with Crippen LogP contribution < -0.4 is 10.2 Å². The number of hydrogen-bond acceptors (Lipinski definition) is 5. The van der Waals surface area contributed by atoms with Crippen LogP contribution >= 0.6 is 0 Å². The van der Waals surface area contributed by atoms with E-state index in [2.05, 4.69) is 16.4 Å². The summed E-state index contributed by atoms with van der Waals surface area (Å²) in [7, 11) is 0. The van der Waals surface area contributed by atoms with Gasteiger partial charge in [0.15, 0.2) is 0 Å². The molecule has 0 saturated carbocycles. The summed E-state index contributed by atoms with van der Waals surface area (Å²) >= 11 is 0. The lowest BCUT2D eigenvalue weighted by molar-refractivity contribution is -0.138. The average molecular weight is 282 g/mol. The fourth-order valence-electron chi connectivity index (χ4n) is 2.60. The Kier molecular flexibility index (Phi) is 3.42. The monoisotopic (exact) mass is 282 g/mol. The molecule has 0 bridgehead atoms. The van der Waals surface area contributed by atoms with Gasteiger partial charge in [0, 0.05) is 25.0 Å². The van der Waals surface area contributed by atoms with Crippen LogP contribution in [0.1, 0.15) is 5.56 Å². The minimum Gasteiger partial charge on any atom is -0.480 e. The number of aliphatic carboxylic acids is 1. The Balaban J connectivity index is 2.11. The maximum Gasteiger partial charge on any atom is 0.327 e. The van der Waals surface area contributed by atoms with E-state index in [0.29, 0.717) is 36.5 Å². The first-order chi connectivity index (χ1) is 10.2. The molecule has 2 aromatic rings. The van der Waals surface area contributed by atoms with Crippen LogP contribution in [0.3, 0.4) is 0 Å². The van der Waals surface area contributed by atoms with E-state index < -0.39 is 12.0 Å². The smallest absolute Gasteiger partial charge is 0.327 e. The molecule has 0 spiro atoms. The first-order valence-corrected chi connectivity index (χ1v) is 6.71. The van der Waals surface area contributed by atoms with Gasteiger partial charge in [0.05, 0.1) is 17.1 Å². The van der Waals surface area contributed by atoms with Gasteiger partial charge >= 0.3 is 5.97 Å². The first kappa shape index (κ1) is 13.3. The standard InChI is InChI=1S/C15H14N4O2/c16-8-10-7-14(18-12-4-2-1-3-11(10)12)19-6-5-17-9-13(19)15(20)21/h1-4,7,13,17H,5-6,9H2,(H,20,21). The lowest BCUT2D eigenvalue weighted by atomic mass is 10.1. The Labute approximate surface area is 121 Å². The highest BCUT2D eigenvalue weighted by atomic mass is 16.4. The van der Waals surface area contributed by atoms with E-state index in [1.165, 1.54) is 0 Å². The van der Waals surface area contributed by atoms with Gasteiger partial charge in [-0.15, -0.1) is 0 Å². The zero-order chi connectivity index (χ0) is 14.8. The normalized spacial score (nSPS) is 18.4. The summed E-state index contributed by atoms with van der Waals surface area (Å²) in [5, 5.41) is 22.5. The molecule has 21 heavy (non-hydrogen) atoms. The number of pyridine rings is 1. The number of aromatic nitrogens is 1. The molecule has 2 heterocycles. The van der Waals surface area contributed by atoms with Crippen LogP contribution in [0.5, 0.6) is 0 Å². The molecule has 2 N–H and O–H groups in total. The summed E-state index contributed by atoms with van der Waals surface area (Å²) < 4.78 is 0. The molecule has 1 atom stereocenters. The Hall–Kier alpha value is -2.65. The highest BCUT2D eigenvalue weighted by Gasteiger charge is 2.29. The Morgan fingerprint density at radius 3 is 3.05 bits per heavy atom. The van der Waals surface area contributed by atoms with Gasteiger partial charge in [-0.05, 0) is 12.1 Å². The second-order valence-electron chi connectivity index (χ2n) is 4.91. The summed E-state index contributed by atoms with van der Waals surface area (Å²) in [6, 6.07) is 10.6. The summed E-state index contributed by atoms with van der Waals surface area (Å²) in [5.41, 5.74) is 1.22. The van der Waals surface area contributed by atoms with Crippen LogP contribution in [0.4, 0.5) is 5.82 Å². The molecule has 6 nitrogen and oxygen atoms in total. The van der Waals surface area contributed by atoms with Gasteiger partial charge in [0.25, 0.3) is 0 Å². The number of carboxylic acids is 1. The number of para-hydroxylation sites is 1. The second kappa shape index (κ2) is 5.38. The number of carboxylic acid groups (broad SMARTS) is 1. The van der Waals surface area contributed by atoms with Crippen LogP contribution in [-0.4, -0.2) is 41.7 Å². The average Bonchev–Trinajstić information content (AvgIpc) is 2.53. The molecule has 1 saturated heterocycles. The fraction of sp³-hybridized carbons (Fsp3) is 0.267. The molecule has 1 aromatic carbocycles. The SMILES string of the molecule is N#Cc1cc(N2CCNCC2C(=O)O)nc2ccccc12. The largest absolute Gasteiger partial charge is 0.480 e. The van der Waals surface area contributed by atoms with E-state index in [9.17, 15) is 15.2 Å². The van der Waals surface area contributed by atoms with Gasteiger partial charge < -0.3 is 15.3 Å². The molecule has 1 aliphatic rings. The van der Waals surface area contributed by atoms with Crippen LogP contribution in [0.25, 0.3) is 10.9 Å². The molecule has 106 valence electrons. The third-order valence-corrected chi connectivity index (χ3v) is 3.65. The van der Waals surface area contributed by atoms with Gasteiger partial charge in [-0.25, -0.2) is 9.78 Å². The van der Waals surface area contributed by atoms with Crippen molar-refractivity contribution in [2.45, 2.75) is 6.04 Å². The Morgan fingerprint density at radius 1 is 1.48 bits per heavy atom. The van der Waals surface area contributed by atoms with Crippen molar-refractivity contribution >= 4 is 22.7 Å². The number of anilines is 1. The van der Waals surface area contributed by atoms with Gasteiger partial charge in [0.2, 0.25) is 0 Å². The zero-order valence-corrected chi connectivity index (χ0v) is 11.3. The molecule has 1 fully saturated rings. The maximum absolute atomic E-state index is 11.4. The van der Waals surface area contributed by atoms with E-state index in [1.807, 2.05) is 24.3 Å². The first-order valence-electron chi connectivity index (χ1n) is 6.71. The predicted molar refractivity (Wildman–Crippen MR) is 78.1 cm³/mol. The van der Waals surface area contributed by atoms with E-state index in [-0.39, 0.29) is 0 Å². The number of nitrogens with one attached hydrogen (secondary N) is 1. The van der Waals surface area contributed by atoms with Crippen molar-refractivity contribution in [1.82, 2.24) is 10.3 Å². The van der Waals surface area contributed by atoms with Crippen LogP contribution in [-0.2, 0) is 4.79 Å². The molecule has 0 aliphatic carbocycles. The van der Waals surface area contributed by atoms with Crippen molar-refractivity contribution < 1.29 is 9.90 Å². The molecule has 1 unspecified atom stereocenters. The Morgan fingerprint density at radius 2 is 2.29 bits per heavy atom. The minimum atomic E-state index is -0.893. The Bertz CT molecular complexity index is 738. The number of nitrogens with zero attached hydrogens (tertiary/aromatic N) is 3. The number of nitriles is 1. The van der Waals surface area contributed by atoms with Gasteiger partial charge in [0.1, 0.15) is 11.9 Å². The minimum absolute atomic E-state index is 0.367. The number of rotatable bonds is 2. The lowest BCUT2D eigenvalue weighted by Gasteiger charge is -2.34. The van der Waals surface area contributed by atoms with Crippen LogP contribution in [0, 0.1) is 11.3 Å². The highest BCUT2D eigenvalue weighted by molar-refractivity contribution is 5.87. The third-order valence-electron chi connectivity index (χ3n) is 3.65. The summed E-state index contributed by atoms with van der Waals surface area (Å²) in [6.45, 7) is 1.61. The second-order valence-corrected chi connectivity index (χ2v) is 4.91. The van der Waals surface area contributed by atoms with E-state index in [4.69, 9.17) is 0 Å². The molecule has 1 aliphatic heterocycles. The maximum atomic E-state index is 11.4. The molecule has 0 radical (unpaired) electrons. The predicted octanol–water partition coefficient (Wildman–Crippen LogP) is 0.969. The van der Waals surface area contributed by atoms with E-state index >= 15 is 0 Å². The number of piperazine rings is 1. The van der Waals surface area contributed by atoms with Gasteiger partial charge in [-0.1, -0.05) is 18.2 Å². The van der Waals surface area contributed by atoms with E-state index in [0.717, 1.165) is 5.39 Å². The van der Waals surface area contributed by atoms with Crippen molar-refractivity contribution in [2.24, 2.45) is 0 Å². The van der Waals surface area contributed by atoms with Crippen molar-refractivity contribution in [1.29, 1.82) is 5.26 Å². The van der Waals surface area contributed by atoms with Crippen LogP contribution in [0.15, 0.2) is 30.3 Å². The molecular formula is C15H14N4O2. The van der Waals surface area contributed by atoms with Crippen molar-refractivity contribution in [2.75, 3.05) is 24.5 Å². The molecular weight excluding hydrogens is 268 g/mol. The molecule has 3 rings (SSSR count). The molecule has 1 aromatic heterocycles. The summed E-state index contributed by atoms with van der Waals surface area (Å²) in [4.78, 5) is 17.6. The third kappa shape index (κ3) is 2.39. The van der Waals surface area contributed by atoms with Crippen molar-refractivity contribution in [3.63, 3.8) is 0 Å². The van der Waals surface area contributed by atoms with Gasteiger partial charge in [-0.3, -0.25) is 0 Å². The fourth-order valence-corrected chi connectivity index (χ4v) is 2.60. The lowest BCUT2D eigenvalue weighted by Crippen LogP contribution is -2.55. The summed E-state index contributed by atoms with van der Waals surface area (Å²) in [6.07, 6.45) is 0. The number of carbonyl (C=O) groups is 1. The number of hydrogen-bond donors (Lipinski definition) is 2. The van der Waals surface area contributed by atoms with Crippen molar-refractivity contribution in [3.8, 4) is 6.07 Å². The molecule has 6 heteroatoms. The van der Waals surface area contributed by atoms with E-state index in [1.54, 1.807) is 11.0 Å². The topological polar surface area (TPSA) is 89.2 Å². The quantitative estimate of drug-likeness (QED) is 0.853. The van der Waals surface area contributed by atoms with Crippen molar-refractivity contribution in [3.05, 3.63) is 35.9 Å².